The van der Waals surface area contributed by atoms with Crippen LogP contribution < -0.4 is 5.32 Å². The van der Waals surface area contributed by atoms with Gasteiger partial charge in [0.15, 0.2) is 0 Å². The second-order valence-electron chi connectivity index (χ2n) is 4.19. The van der Waals surface area contributed by atoms with E-state index in [9.17, 15) is 4.39 Å². The molecule has 0 aliphatic rings. The normalized spacial score (nSPS) is 10.4. The van der Waals surface area contributed by atoms with Crippen LogP contribution in [0.5, 0.6) is 0 Å². The Bertz CT molecular complexity index is 523. The molecule has 3 nitrogen and oxygen atoms in total. The van der Waals surface area contributed by atoms with Gasteiger partial charge in [0.25, 0.3) is 0 Å². The molecule has 1 aromatic carbocycles. The molecule has 0 aliphatic heterocycles. The van der Waals surface area contributed by atoms with Gasteiger partial charge >= 0.3 is 0 Å². The van der Waals surface area contributed by atoms with Crippen molar-refractivity contribution < 1.29 is 4.39 Å². The summed E-state index contributed by atoms with van der Waals surface area (Å²) >= 11 is 0. The van der Waals surface area contributed by atoms with E-state index in [0.717, 1.165) is 35.6 Å². The summed E-state index contributed by atoms with van der Waals surface area (Å²) in [7, 11) is 0. The minimum atomic E-state index is -0.231. The number of hydrogen-bond donors (Lipinski definition) is 1. The maximum atomic E-state index is 13.0. The van der Waals surface area contributed by atoms with E-state index >= 15 is 0 Å². The molecule has 0 amide bonds. The van der Waals surface area contributed by atoms with Crippen molar-refractivity contribution in [2.75, 3.05) is 11.9 Å². The predicted molar refractivity (Wildman–Crippen MR) is 70.9 cm³/mol. The van der Waals surface area contributed by atoms with Crippen LogP contribution in [0.4, 0.5) is 10.2 Å². The van der Waals surface area contributed by atoms with Crippen molar-refractivity contribution in [2.24, 2.45) is 0 Å². The molecule has 0 radical (unpaired) electrons. The van der Waals surface area contributed by atoms with Gasteiger partial charge in [-0.05, 0) is 49.2 Å². The minimum absolute atomic E-state index is 0.231. The number of nitrogens with one attached hydrogen (secondary N) is 1. The lowest BCUT2D eigenvalue weighted by molar-refractivity contribution is 0.627. The molecule has 0 fully saturated rings. The van der Waals surface area contributed by atoms with E-state index in [0.29, 0.717) is 0 Å². The third-order valence-electron chi connectivity index (χ3n) is 2.69. The van der Waals surface area contributed by atoms with Gasteiger partial charge in [-0.15, -0.1) is 10.2 Å². The van der Waals surface area contributed by atoms with Gasteiger partial charge in [0.1, 0.15) is 11.6 Å². The second kappa shape index (κ2) is 5.58. The molecule has 0 bridgehead atoms. The summed E-state index contributed by atoms with van der Waals surface area (Å²) in [5.41, 5.74) is 2.53. The van der Waals surface area contributed by atoms with Crippen LogP contribution in [0.25, 0.3) is 11.3 Å². The third-order valence-corrected chi connectivity index (χ3v) is 2.69. The van der Waals surface area contributed by atoms with Crippen molar-refractivity contribution in [3.63, 3.8) is 0 Å². The molecule has 4 heteroatoms. The molecule has 0 spiro atoms. The van der Waals surface area contributed by atoms with Crippen molar-refractivity contribution in [1.29, 1.82) is 0 Å². The van der Waals surface area contributed by atoms with E-state index in [2.05, 4.69) is 22.4 Å². The Labute approximate surface area is 106 Å². The number of aromatic nitrogens is 2. The van der Waals surface area contributed by atoms with E-state index in [1.165, 1.54) is 12.1 Å². The fourth-order valence-corrected chi connectivity index (χ4v) is 1.74. The molecule has 0 saturated carbocycles. The summed E-state index contributed by atoms with van der Waals surface area (Å²) in [5, 5.41) is 11.4. The van der Waals surface area contributed by atoms with Gasteiger partial charge < -0.3 is 5.32 Å². The van der Waals surface area contributed by atoms with Crippen LogP contribution in [-0.2, 0) is 0 Å². The molecule has 0 atom stereocenters. The number of benzene rings is 1. The lowest BCUT2D eigenvalue weighted by Crippen LogP contribution is -2.03. The maximum Gasteiger partial charge on any atom is 0.148 e. The topological polar surface area (TPSA) is 37.8 Å². The number of nitrogens with zero attached hydrogens (tertiary/aromatic N) is 2. The highest BCUT2D eigenvalue weighted by Crippen LogP contribution is 2.22. The van der Waals surface area contributed by atoms with Crippen LogP contribution in [-0.4, -0.2) is 16.7 Å². The Morgan fingerprint density at radius 1 is 1.17 bits per heavy atom. The van der Waals surface area contributed by atoms with Gasteiger partial charge in [-0.3, -0.25) is 0 Å². The molecular formula is C14H16FN3. The monoisotopic (exact) mass is 245 g/mol. The highest BCUT2D eigenvalue weighted by molar-refractivity contribution is 5.63. The maximum absolute atomic E-state index is 13.0. The fourth-order valence-electron chi connectivity index (χ4n) is 1.74. The summed E-state index contributed by atoms with van der Waals surface area (Å²) in [5.74, 6) is 0.533. The van der Waals surface area contributed by atoms with Crippen molar-refractivity contribution >= 4 is 5.82 Å². The van der Waals surface area contributed by atoms with Gasteiger partial charge in [0, 0.05) is 12.1 Å². The van der Waals surface area contributed by atoms with Gasteiger partial charge in [0.05, 0.1) is 5.69 Å². The van der Waals surface area contributed by atoms with Crippen LogP contribution >= 0.6 is 0 Å². The van der Waals surface area contributed by atoms with Crippen LogP contribution in [0.1, 0.15) is 18.9 Å². The largest absolute Gasteiger partial charge is 0.369 e. The Kier molecular flexibility index (Phi) is 3.87. The van der Waals surface area contributed by atoms with Crippen LogP contribution in [0, 0.1) is 12.7 Å². The summed E-state index contributed by atoms with van der Waals surface area (Å²) in [4.78, 5) is 0. The highest BCUT2D eigenvalue weighted by Gasteiger charge is 2.05. The SMILES string of the molecule is CCCNc1ccc(-c2ccc(F)cc2C)nn1. The van der Waals surface area contributed by atoms with Crippen LogP contribution in [0.3, 0.4) is 0 Å². The summed E-state index contributed by atoms with van der Waals surface area (Å²) in [6, 6.07) is 8.45. The number of anilines is 1. The van der Waals surface area contributed by atoms with Gasteiger partial charge in [-0.2, -0.15) is 0 Å². The first-order chi connectivity index (χ1) is 8.70. The first kappa shape index (κ1) is 12.5. The zero-order valence-corrected chi connectivity index (χ0v) is 10.6. The summed E-state index contributed by atoms with van der Waals surface area (Å²) in [6.07, 6.45) is 1.04. The molecular weight excluding hydrogens is 229 g/mol. The van der Waals surface area contributed by atoms with E-state index in [1.807, 2.05) is 19.1 Å². The van der Waals surface area contributed by atoms with E-state index in [-0.39, 0.29) is 5.82 Å². The molecule has 18 heavy (non-hydrogen) atoms. The molecule has 1 aromatic heterocycles. The standard InChI is InChI=1S/C14H16FN3/c1-3-8-16-14-7-6-13(17-18-14)12-5-4-11(15)9-10(12)2/h4-7,9H,3,8H2,1-2H3,(H,16,18). The molecule has 2 aromatic rings. The average Bonchev–Trinajstić information content (AvgIpc) is 2.37. The number of halogens is 1. The van der Waals surface area contributed by atoms with Gasteiger partial charge in [-0.1, -0.05) is 6.92 Å². The zero-order chi connectivity index (χ0) is 13.0. The predicted octanol–water partition coefficient (Wildman–Crippen LogP) is 3.41. The van der Waals surface area contributed by atoms with E-state index in [1.54, 1.807) is 6.07 Å². The second-order valence-corrected chi connectivity index (χ2v) is 4.19. The summed E-state index contributed by atoms with van der Waals surface area (Å²) < 4.78 is 13.0. The Hall–Kier alpha value is -1.97. The van der Waals surface area contributed by atoms with Crippen molar-refractivity contribution in [3.05, 3.63) is 41.7 Å². The van der Waals surface area contributed by atoms with E-state index < -0.39 is 0 Å². The van der Waals surface area contributed by atoms with Crippen molar-refractivity contribution in [1.82, 2.24) is 10.2 Å². The number of hydrogen-bond acceptors (Lipinski definition) is 3. The number of rotatable bonds is 4. The van der Waals surface area contributed by atoms with Crippen molar-refractivity contribution in [3.8, 4) is 11.3 Å². The fraction of sp³-hybridized carbons (Fsp3) is 0.286. The quantitative estimate of drug-likeness (QED) is 0.897. The van der Waals surface area contributed by atoms with Crippen LogP contribution in [0.2, 0.25) is 0 Å². The molecule has 0 unspecified atom stereocenters. The molecule has 94 valence electrons. The van der Waals surface area contributed by atoms with Crippen LogP contribution in [0.15, 0.2) is 30.3 Å². The van der Waals surface area contributed by atoms with Crippen molar-refractivity contribution in [2.45, 2.75) is 20.3 Å². The van der Waals surface area contributed by atoms with E-state index in [4.69, 9.17) is 0 Å². The molecule has 0 aliphatic carbocycles. The lowest BCUT2D eigenvalue weighted by atomic mass is 10.1. The van der Waals surface area contributed by atoms with Gasteiger partial charge in [0.2, 0.25) is 0 Å². The molecule has 1 heterocycles. The van der Waals surface area contributed by atoms with Gasteiger partial charge in [-0.25, -0.2) is 4.39 Å². The summed E-state index contributed by atoms with van der Waals surface area (Å²) in [6.45, 7) is 4.84. The minimum Gasteiger partial charge on any atom is -0.369 e. The highest BCUT2D eigenvalue weighted by atomic mass is 19.1. The Morgan fingerprint density at radius 2 is 2.00 bits per heavy atom. The zero-order valence-electron chi connectivity index (χ0n) is 10.6. The third kappa shape index (κ3) is 2.83. The average molecular weight is 245 g/mol. The molecule has 0 saturated heterocycles. The lowest BCUT2D eigenvalue weighted by Gasteiger charge is -2.06. The first-order valence-electron chi connectivity index (χ1n) is 6.05. The Morgan fingerprint density at radius 3 is 2.61 bits per heavy atom. The Balaban J connectivity index is 2.23. The smallest absolute Gasteiger partial charge is 0.148 e. The molecule has 1 N–H and O–H groups in total. The molecule has 2 rings (SSSR count). The number of aryl methyl sites for hydroxylation is 1. The first-order valence-corrected chi connectivity index (χ1v) is 6.05.